The van der Waals surface area contributed by atoms with Crippen molar-refractivity contribution in [1.82, 2.24) is 0 Å². The highest BCUT2D eigenvalue weighted by Crippen LogP contribution is 2.17. The second-order valence-electron chi connectivity index (χ2n) is 12.4. The van der Waals surface area contributed by atoms with Crippen molar-refractivity contribution in [3.05, 3.63) is 0 Å². The number of rotatable bonds is 33. The SMILES string of the molecule is CCCCCCCCCCCCCCCCCC(=O)O[C@H](CCCCCCCCCCCCCCC)CC(=O)O. The standard InChI is InChI=1S/C36H70O4/c1-3-5-7-9-11-13-15-17-18-20-22-24-26-28-30-32-36(39)40-34(33-35(37)38)31-29-27-25-23-21-19-16-14-12-10-8-6-4-2/h34H,3-33H2,1-2H3,(H,37,38)/t34-/m1/s1. The zero-order chi connectivity index (χ0) is 29.4. The zero-order valence-corrected chi connectivity index (χ0v) is 27.2. The van der Waals surface area contributed by atoms with Gasteiger partial charge in [-0.15, -0.1) is 0 Å². The van der Waals surface area contributed by atoms with Crippen molar-refractivity contribution in [3.63, 3.8) is 0 Å². The van der Waals surface area contributed by atoms with E-state index in [-0.39, 0.29) is 12.4 Å². The van der Waals surface area contributed by atoms with Crippen LogP contribution in [0.5, 0.6) is 0 Å². The molecule has 0 radical (unpaired) electrons. The number of hydrogen-bond donors (Lipinski definition) is 1. The molecule has 0 rings (SSSR count). The molecule has 0 aromatic heterocycles. The molecule has 0 saturated heterocycles. The number of carboxylic acid groups (broad SMARTS) is 1. The van der Waals surface area contributed by atoms with E-state index in [1.165, 1.54) is 154 Å². The number of ether oxygens (including phenoxy) is 1. The van der Waals surface area contributed by atoms with Gasteiger partial charge >= 0.3 is 11.9 Å². The first-order valence-electron chi connectivity index (χ1n) is 18.0. The summed E-state index contributed by atoms with van der Waals surface area (Å²) in [4.78, 5) is 23.5. The lowest BCUT2D eigenvalue weighted by Crippen LogP contribution is -2.21. The van der Waals surface area contributed by atoms with Crippen LogP contribution in [0.1, 0.15) is 213 Å². The average molecular weight is 567 g/mol. The Kier molecular flexibility index (Phi) is 31.6. The molecule has 0 fully saturated rings. The summed E-state index contributed by atoms with van der Waals surface area (Å²) in [7, 11) is 0. The lowest BCUT2D eigenvalue weighted by molar-refractivity contribution is -0.153. The van der Waals surface area contributed by atoms with Crippen LogP contribution >= 0.6 is 0 Å². The molecule has 1 atom stereocenters. The minimum Gasteiger partial charge on any atom is -0.481 e. The summed E-state index contributed by atoms with van der Waals surface area (Å²) in [5.41, 5.74) is 0. The molecule has 0 aromatic carbocycles. The number of aliphatic carboxylic acids is 1. The molecule has 0 heterocycles. The first kappa shape index (κ1) is 38.9. The predicted molar refractivity (Wildman–Crippen MR) is 172 cm³/mol. The molecule has 0 aliphatic heterocycles. The molecule has 40 heavy (non-hydrogen) atoms. The van der Waals surface area contributed by atoms with Crippen molar-refractivity contribution in [3.8, 4) is 0 Å². The highest BCUT2D eigenvalue weighted by atomic mass is 16.5. The molecule has 0 aromatic rings. The third-order valence-electron chi connectivity index (χ3n) is 8.31. The Labute approximate surface area is 250 Å². The third kappa shape index (κ3) is 31.5. The van der Waals surface area contributed by atoms with Gasteiger partial charge < -0.3 is 9.84 Å². The molecule has 0 saturated carbocycles. The van der Waals surface area contributed by atoms with Crippen molar-refractivity contribution in [1.29, 1.82) is 0 Å². The van der Waals surface area contributed by atoms with Crippen molar-refractivity contribution in [2.24, 2.45) is 0 Å². The number of hydrogen-bond acceptors (Lipinski definition) is 3. The van der Waals surface area contributed by atoms with Gasteiger partial charge in [-0.05, 0) is 19.3 Å². The summed E-state index contributed by atoms with van der Waals surface area (Å²) in [6.07, 6.45) is 36.9. The number of unbranched alkanes of at least 4 members (excludes halogenated alkanes) is 26. The van der Waals surface area contributed by atoms with Gasteiger partial charge in [-0.3, -0.25) is 9.59 Å². The minimum atomic E-state index is -0.875. The van der Waals surface area contributed by atoms with Crippen LogP contribution < -0.4 is 0 Å². The average Bonchev–Trinajstić information content (AvgIpc) is 2.93. The maximum Gasteiger partial charge on any atom is 0.307 e. The maximum absolute atomic E-state index is 12.3. The van der Waals surface area contributed by atoms with Crippen LogP contribution in [-0.2, 0) is 14.3 Å². The van der Waals surface area contributed by atoms with Crippen LogP contribution in [-0.4, -0.2) is 23.1 Å². The van der Waals surface area contributed by atoms with E-state index in [0.717, 1.165) is 25.7 Å². The summed E-state index contributed by atoms with van der Waals surface area (Å²) in [5.74, 6) is -1.09. The highest BCUT2D eigenvalue weighted by Gasteiger charge is 2.17. The Morgan fingerprint density at radius 3 is 1.10 bits per heavy atom. The van der Waals surface area contributed by atoms with Gasteiger partial charge in [0, 0.05) is 6.42 Å². The van der Waals surface area contributed by atoms with E-state index in [2.05, 4.69) is 13.8 Å². The second-order valence-corrected chi connectivity index (χ2v) is 12.4. The van der Waals surface area contributed by atoms with Crippen LogP contribution in [0.25, 0.3) is 0 Å². The molecule has 4 heteroatoms. The van der Waals surface area contributed by atoms with Crippen molar-refractivity contribution < 1.29 is 19.4 Å². The Morgan fingerprint density at radius 2 is 0.775 bits per heavy atom. The molecule has 0 unspecified atom stereocenters. The third-order valence-corrected chi connectivity index (χ3v) is 8.31. The first-order chi connectivity index (χ1) is 19.6. The van der Waals surface area contributed by atoms with Crippen LogP contribution in [0.3, 0.4) is 0 Å². The van der Waals surface area contributed by atoms with Crippen LogP contribution in [0.4, 0.5) is 0 Å². The summed E-state index contributed by atoms with van der Waals surface area (Å²) >= 11 is 0. The molecule has 0 bridgehead atoms. The van der Waals surface area contributed by atoms with E-state index in [4.69, 9.17) is 4.74 Å². The van der Waals surface area contributed by atoms with Crippen LogP contribution in [0, 0.1) is 0 Å². The molecule has 1 N–H and O–H groups in total. The Bertz CT molecular complexity index is 533. The molecular weight excluding hydrogens is 496 g/mol. The molecular formula is C36H70O4. The molecule has 0 spiro atoms. The van der Waals surface area contributed by atoms with Crippen molar-refractivity contribution in [2.75, 3.05) is 0 Å². The van der Waals surface area contributed by atoms with E-state index in [1.54, 1.807) is 0 Å². The molecule has 0 aliphatic carbocycles. The van der Waals surface area contributed by atoms with E-state index < -0.39 is 12.1 Å². The highest BCUT2D eigenvalue weighted by molar-refractivity contribution is 5.71. The number of carboxylic acids is 1. The maximum atomic E-state index is 12.3. The van der Waals surface area contributed by atoms with E-state index in [9.17, 15) is 14.7 Å². The monoisotopic (exact) mass is 567 g/mol. The van der Waals surface area contributed by atoms with E-state index in [1.807, 2.05) is 0 Å². The van der Waals surface area contributed by atoms with E-state index in [0.29, 0.717) is 12.8 Å². The normalized spacial score (nSPS) is 12.1. The van der Waals surface area contributed by atoms with Gasteiger partial charge in [0.2, 0.25) is 0 Å². The number of carbonyl (C=O) groups excluding carboxylic acids is 1. The summed E-state index contributed by atoms with van der Waals surface area (Å²) in [6, 6.07) is 0. The summed E-state index contributed by atoms with van der Waals surface area (Å²) < 4.78 is 5.57. The summed E-state index contributed by atoms with van der Waals surface area (Å²) in [5, 5.41) is 9.23. The second kappa shape index (κ2) is 32.5. The number of esters is 1. The molecule has 0 amide bonds. The lowest BCUT2D eigenvalue weighted by atomic mass is 10.0. The van der Waals surface area contributed by atoms with Crippen LogP contribution in [0.2, 0.25) is 0 Å². The molecule has 238 valence electrons. The largest absolute Gasteiger partial charge is 0.481 e. The van der Waals surface area contributed by atoms with Crippen molar-refractivity contribution >= 4 is 11.9 Å². The van der Waals surface area contributed by atoms with Gasteiger partial charge in [-0.1, -0.05) is 181 Å². The van der Waals surface area contributed by atoms with Gasteiger partial charge in [0.05, 0.1) is 6.42 Å². The fourth-order valence-electron chi connectivity index (χ4n) is 5.67. The Balaban J connectivity index is 3.62. The minimum absolute atomic E-state index is 0.0666. The van der Waals surface area contributed by atoms with Gasteiger partial charge in [-0.25, -0.2) is 0 Å². The zero-order valence-electron chi connectivity index (χ0n) is 27.2. The summed E-state index contributed by atoms with van der Waals surface area (Å²) in [6.45, 7) is 4.54. The number of carbonyl (C=O) groups is 2. The topological polar surface area (TPSA) is 63.6 Å². The van der Waals surface area contributed by atoms with Crippen molar-refractivity contribution in [2.45, 2.75) is 219 Å². The van der Waals surface area contributed by atoms with Crippen LogP contribution in [0.15, 0.2) is 0 Å². The molecule has 0 aliphatic rings. The van der Waals surface area contributed by atoms with Gasteiger partial charge in [0.25, 0.3) is 0 Å². The molecule has 4 nitrogen and oxygen atoms in total. The Hall–Kier alpha value is -1.06. The quantitative estimate of drug-likeness (QED) is 0.0633. The lowest BCUT2D eigenvalue weighted by Gasteiger charge is -2.16. The van der Waals surface area contributed by atoms with Gasteiger partial charge in [0.15, 0.2) is 0 Å². The fraction of sp³-hybridized carbons (Fsp3) is 0.944. The smallest absolute Gasteiger partial charge is 0.307 e. The van der Waals surface area contributed by atoms with E-state index >= 15 is 0 Å². The predicted octanol–water partition coefficient (Wildman–Crippen LogP) is 12.1. The Morgan fingerprint density at radius 1 is 0.475 bits per heavy atom. The van der Waals surface area contributed by atoms with Gasteiger partial charge in [0.1, 0.15) is 6.10 Å². The van der Waals surface area contributed by atoms with Gasteiger partial charge in [-0.2, -0.15) is 0 Å². The fourth-order valence-corrected chi connectivity index (χ4v) is 5.67. The first-order valence-corrected chi connectivity index (χ1v) is 18.0.